The van der Waals surface area contributed by atoms with Gasteiger partial charge in [0.25, 0.3) is 0 Å². The average Bonchev–Trinajstić information content (AvgIpc) is 2.62. The number of aryl methyl sites for hydroxylation is 3. The summed E-state index contributed by atoms with van der Waals surface area (Å²) in [5, 5.41) is 0. The van der Waals surface area contributed by atoms with E-state index in [9.17, 15) is 4.79 Å². The largest absolute Gasteiger partial charge is 0.382 e. The fourth-order valence-corrected chi connectivity index (χ4v) is 3.92. The summed E-state index contributed by atoms with van der Waals surface area (Å²) in [6.07, 6.45) is 10.2. The lowest BCUT2D eigenvalue weighted by Crippen LogP contribution is -2.15. The second-order valence-corrected chi connectivity index (χ2v) is 8.00. The lowest BCUT2D eigenvalue weighted by molar-refractivity contribution is 0.143. The molecule has 0 aliphatic heterocycles. The molecule has 0 spiro atoms. The third kappa shape index (κ3) is 6.23. The van der Waals surface area contributed by atoms with Crippen LogP contribution in [0.2, 0.25) is 0 Å². The molecule has 0 saturated heterocycles. The Labute approximate surface area is 170 Å². The van der Waals surface area contributed by atoms with Gasteiger partial charge in [0.05, 0.1) is 0 Å². The van der Waals surface area contributed by atoms with Gasteiger partial charge in [0.1, 0.15) is 0 Å². The van der Waals surface area contributed by atoms with Crippen LogP contribution in [0.1, 0.15) is 50.7 Å². The van der Waals surface area contributed by atoms with Gasteiger partial charge in [-0.05, 0) is 78.5 Å². The van der Waals surface area contributed by atoms with E-state index < -0.39 is 0 Å². The zero-order valence-corrected chi connectivity index (χ0v) is 18.3. The Hall–Kier alpha value is -1.14. The average molecular weight is 467 g/mol. The molecule has 4 heteroatoms. The lowest BCUT2D eigenvalue weighted by atomic mass is 9.99. The van der Waals surface area contributed by atoms with E-state index in [1.54, 1.807) is 0 Å². The van der Waals surface area contributed by atoms with E-state index in [1.807, 2.05) is 30.9 Å². The van der Waals surface area contributed by atoms with Crippen molar-refractivity contribution in [3.05, 3.63) is 55.5 Å². The summed E-state index contributed by atoms with van der Waals surface area (Å²) in [6, 6.07) is 6.44. The van der Waals surface area contributed by atoms with Gasteiger partial charge in [0, 0.05) is 47.4 Å². The van der Waals surface area contributed by atoms with Crippen molar-refractivity contribution in [3.8, 4) is 11.1 Å². The van der Waals surface area contributed by atoms with Crippen LogP contribution in [0.5, 0.6) is 0 Å². The van der Waals surface area contributed by atoms with Crippen molar-refractivity contribution in [1.82, 2.24) is 4.57 Å². The van der Waals surface area contributed by atoms with Crippen molar-refractivity contribution in [2.75, 3.05) is 13.2 Å². The summed E-state index contributed by atoms with van der Waals surface area (Å²) in [7, 11) is 2.00. The highest BCUT2D eigenvalue weighted by atomic mass is 127. The summed E-state index contributed by atoms with van der Waals surface area (Å²) in [4.78, 5) is 13.0. The van der Waals surface area contributed by atoms with Crippen molar-refractivity contribution >= 4 is 22.6 Å². The molecule has 0 fully saturated rings. The fraction of sp³-hybridized carbons (Fsp3) is 0.500. The summed E-state index contributed by atoms with van der Waals surface area (Å²) < 4.78 is 8.57. The van der Waals surface area contributed by atoms with Gasteiger partial charge in [-0.2, -0.15) is 0 Å². The van der Waals surface area contributed by atoms with Crippen LogP contribution in [0.3, 0.4) is 0 Å². The molecular formula is C22H30INO2. The van der Waals surface area contributed by atoms with Crippen LogP contribution < -0.4 is 5.43 Å². The van der Waals surface area contributed by atoms with Crippen LogP contribution in [-0.4, -0.2) is 17.8 Å². The van der Waals surface area contributed by atoms with E-state index in [1.165, 1.54) is 9.13 Å². The van der Waals surface area contributed by atoms with E-state index >= 15 is 0 Å². The van der Waals surface area contributed by atoms with E-state index in [4.69, 9.17) is 4.74 Å². The zero-order chi connectivity index (χ0) is 18.9. The Bertz CT molecular complexity index is 767. The van der Waals surface area contributed by atoms with Gasteiger partial charge in [0.2, 0.25) is 0 Å². The van der Waals surface area contributed by atoms with E-state index in [-0.39, 0.29) is 5.43 Å². The van der Waals surface area contributed by atoms with E-state index in [0.29, 0.717) is 0 Å². The van der Waals surface area contributed by atoms with Crippen molar-refractivity contribution in [2.45, 2.75) is 52.4 Å². The summed E-state index contributed by atoms with van der Waals surface area (Å²) in [5.74, 6) is 0. The highest BCUT2D eigenvalue weighted by Gasteiger charge is 2.10. The first kappa shape index (κ1) is 21.2. The minimum absolute atomic E-state index is 0.182. The SMILES string of the molecule is CCOCCCCCCc1cn(C)cc(-c2cc(I)cc(CC)c2)c1=O. The van der Waals surface area contributed by atoms with E-state index in [0.717, 1.165) is 68.4 Å². The second kappa shape index (κ2) is 10.9. The molecule has 0 aliphatic rings. The molecule has 0 atom stereocenters. The number of hydrogen-bond acceptors (Lipinski definition) is 2. The van der Waals surface area contributed by atoms with Gasteiger partial charge >= 0.3 is 0 Å². The summed E-state index contributed by atoms with van der Waals surface area (Å²) in [5.41, 5.74) is 4.23. The van der Waals surface area contributed by atoms with Crippen molar-refractivity contribution in [2.24, 2.45) is 7.05 Å². The van der Waals surface area contributed by atoms with Gasteiger partial charge in [-0.3, -0.25) is 4.79 Å². The molecule has 26 heavy (non-hydrogen) atoms. The third-order valence-corrected chi connectivity index (χ3v) is 5.22. The number of ether oxygens (including phenoxy) is 1. The van der Waals surface area contributed by atoms with Gasteiger partial charge in [-0.1, -0.05) is 25.8 Å². The maximum absolute atomic E-state index is 13.0. The van der Waals surface area contributed by atoms with Crippen LogP contribution in [0, 0.1) is 3.57 Å². The smallest absolute Gasteiger partial charge is 0.192 e. The molecule has 1 aromatic heterocycles. The number of hydrogen-bond donors (Lipinski definition) is 0. The molecule has 2 aromatic rings. The highest BCUT2D eigenvalue weighted by molar-refractivity contribution is 14.1. The number of halogens is 1. The fourth-order valence-electron chi connectivity index (χ4n) is 3.19. The van der Waals surface area contributed by atoms with Crippen molar-refractivity contribution in [3.63, 3.8) is 0 Å². The first-order chi connectivity index (χ1) is 12.5. The minimum atomic E-state index is 0.182. The normalized spacial score (nSPS) is 11.1. The number of rotatable bonds is 10. The Morgan fingerprint density at radius 1 is 1.04 bits per heavy atom. The van der Waals surface area contributed by atoms with Gasteiger partial charge < -0.3 is 9.30 Å². The predicted molar refractivity (Wildman–Crippen MR) is 118 cm³/mol. The Morgan fingerprint density at radius 2 is 1.81 bits per heavy atom. The topological polar surface area (TPSA) is 31.2 Å². The number of aromatic nitrogens is 1. The molecule has 0 saturated carbocycles. The summed E-state index contributed by atoms with van der Waals surface area (Å²) >= 11 is 2.33. The van der Waals surface area contributed by atoms with E-state index in [2.05, 4.69) is 47.7 Å². The lowest BCUT2D eigenvalue weighted by Gasteiger charge is -2.10. The molecule has 0 radical (unpaired) electrons. The van der Waals surface area contributed by atoms with Crippen LogP contribution in [-0.2, 0) is 24.6 Å². The molecule has 1 aromatic carbocycles. The van der Waals surface area contributed by atoms with Gasteiger partial charge in [-0.15, -0.1) is 0 Å². The second-order valence-electron chi connectivity index (χ2n) is 6.75. The van der Waals surface area contributed by atoms with Crippen LogP contribution in [0.15, 0.2) is 35.4 Å². The standard InChI is InChI=1S/C22H30INO2/c1-4-17-12-19(14-20(23)13-17)21-16-24(3)15-18(22(21)25)10-8-6-7-9-11-26-5-2/h12-16H,4-11H2,1-3H3. The van der Waals surface area contributed by atoms with Crippen LogP contribution in [0.25, 0.3) is 11.1 Å². The Kier molecular flexibility index (Phi) is 8.85. The van der Waals surface area contributed by atoms with Crippen LogP contribution >= 0.6 is 22.6 Å². The van der Waals surface area contributed by atoms with Crippen molar-refractivity contribution < 1.29 is 4.74 Å². The summed E-state index contributed by atoms with van der Waals surface area (Å²) in [6.45, 7) is 5.82. The quantitative estimate of drug-likeness (QED) is 0.348. The number of nitrogens with zero attached hydrogens (tertiary/aromatic N) is 1. The first-order valence-electron chi connectivity index (χ1n) is 9.61. The van der Waals surface area contributed by atoms with Gasteiger partial charge in [0.15, 0.2) is 5.43 Å². The first-order valence-corrected chi connectivity index (χ1v) is 10.7. The van der Waals surface area contributed by atoms with Crippen LogP contribution in [0.4, 0.5) is 0 Å². The van der Waals surface area contributed by atoms with Crippen molar-refractivity contribution in [1.29, 1.82) is 0 Å². The molecule has 2 rings (SSSR count). The molecule has 0 unspecified atom stereocenters. The molecule has 0 bridgehead atoms. The minimum Gasteiger partial charge on any atom is -0.382 e. The Morgan fingerprint density at radius 3 is 2.54 bits per heavy atom. The molecule has 0 aliphatic carbocycles. The Balaban J connectivity index is 2.11. The molecule has 0 N–H and O–H groups in total. The molecule has 0 amide bonds. The molecular weight excluding hydrogens is 437 g/mol. The molecule has 1 heterocycles. The number of pyridine rings is 1. The zero-order valence-electron chi connectivity index (χ0n) is 16.2. The maximum Gasteiger partial charge on any atom is 0.192 e. The number of unbranched alkanes of at least 4 members (excludes halogenated alkanes) is 3. The van der Waals surface area contributed by atoms with Gasteiger partial charge in [-0.25, -0.2) is 0 Å². The highest BCUT2D eigenvalue weighted by Crippen LogP contribution is 2.22. The number of benzene rings is 1. The maximum atomic E-state index is 13.0. The monoisotopic (exact) mass is 467 g/mol. The molecule has 3 nitrogen and oxygen atoms in total. The molecule has 142 valence electrons. The third-order valence-electron chi connectivity index (χ3n) is 4.59. The predicted octanol–water partition coefficient (Wildman–Crippen LogP) is 5.36.